The van der Waals surface area contributed by atoms with Gasteiger partial charge < -0.3 is 25.2 Å². The van der Waals surface area contributed by atoms with E-state index >= 15 is 0 Å². The number of fused-ring (bicyclic) bond motifs is 3. The summed E-state index contributed by atoms with van der Waals surface area (Å²) in [6, 6.07) is 6.44. The molecule has 2 heterocycles. The number of phenolic OH excluding ortho intramolecular Hbond substituents is 3. The zero-order valence-corrected chi connectivity index (χ0v) is 20.7. The number of carbonyl (C=O) groups excluding carboxylic acids is 2. The van der Waals surface area contributed by atoms with Crippen molar-refractivity contribution in [2.24, 2.45) is 5.10 Å². The van der Waals surface area contributed by atoms with Crippen molar-refractivity contribution in [3.63, 3.8) is 0 Å². The number of rotatable bonds is 5. The van der Waals surface area contributed by atoms with E-state index in [0.29, 0.717) is 10.8 Å². The van der Waals surface area contributed by atoms with Gasteiger partial charge in [0.05, 0.1) is 23.0 Å². The first kappa shape index (κ1) is 24.1. The number of aromatic nitrogens is 1. The molecule has 3 aromatic rings. The quantitative estimate of drug-likeness (QED) is 0.189. The fourth-order valence-corrected chi connectivity index (χ4v) is 5.08. The Labute approximate surface area is 214 Å². The van der Waals surface area contributed by atoms with Crippen molar-refractivity contribution < 1.29 is 34.8 Å². The standard InChI is InChI=1S/C26H21N3O7S/c1-11-21(33)19(15-10-37-25(28-15)29-27-9-13-4-6-14(31)7-5-13)23-20(22(11)34)26(3)17(36-23)8-16(32)18(12(2)30)24(26)35/h4-10,31-34H,1-3H3,(H,28,29)/b27-9+/t26-/m0/s1. The number of anilines is 1. The van der Waals surface area contributed by atoms with Crippen LogP contribution in [0.5, 0.6) is 23.0 Å². The highest BCUT2D eigenvalue weighted by Gasteiger charge is 2.55. The van der Waals surface area contributed by atoms with Gasteiger partial charge in [0.15, 0.2) is 11.6 Å². The zero-order valence-electron chi connectivity index (χ0n) is 19.9. The van der Waals surface area contributed by atoms with E-state index in [4.69, 9.17) is 4.74 Å². The first-order valence-corrected chi connectivity index (χ1v) is 11.9. The predicted octanol–water partition coefficient (Wildman–Crippen LogP) is 4.20. The molecule has 11 heteroatoms. The van der Waals surface area contributed by atoms with Crippen molar-refractivity contribution in [1.29, 1.82) is 0 Å². The minimum Gasteiger partial charge on any atom is -0.508 e. The maximum absolute atomic E-state index is 13.4. The minimum atomic E-state index is -1.59. The van der Waals surface area contributed by atoms with Gasteiger partial charge in [0.2, 0.25) is 5.13 Å². The molecular formula is C26H21N3O7S. The van der Waals surface area contributed by atoms with Crippen LogP contribution in [0.2, 0.25) is 0 Å². The number of ketones is 2. The molecule has 37 heavy (non-hydrogen) atoms. The Kier molecular flexibility index (Phi) is 5.52. The largest absolute Gasteiger partial charge is 0.508 e. The third-order valence-corrected chi connectivity index (χ3v) is 7.17. The van der Waals surface area contributed by atoms with E-state index < -0.39 is 22.7 Å². The number of aliphatic hydroxyl groups excluding tert-OH is 1. The SMILES string of the molecule is CC(=O)C1=C(O)C=C2Oc3c(-c4csc(N/N=C/c5ccc(O)cc5)n4)c(O)c(C)c(O)c3[C@@]2(C)C1=O. The van der Waals surface area contributed by atoms with Crippen molar-refractivity contribution in [3.8, 4) is 34.3 Å². The fraction of sp³-hybridized carbons (Fsp3) is 0.154. The van der Waals surface area contributed by atoms with Gasteiger partial charge in [0.25, 0.3) is 0 Å². The predicted molar refractivity (Wildman–Crippen MR) is 136 cm³/mol. The van der Waals surface area contributed by atoms with Crippen LogP contribution in [0.1, 0.15) is 30.5 Å². The maximum atomic E-state index is 13.4. The van der Waals surface area contributed by atoms with Gasteiger partial charge in [-0.25, -0.2) is 4.98 Å². The van der Waals surface area contributed by atoms with Crippen molar-refractivity contribution in [2.75, 3.05) is 5.43 Å². The lowest BCUT2D eigenvalue weighted by molar-refractivity contribution is -0.123. The van der Waals surface area contributed by atoms with Gasteiger partial charge in [-0.2, -0.15) is 5.10 Å². The van der Waals surface area contributed by atoms with Gasteiger partial charge in [0.1, 0.15) is 45.5 Å². The molecule has 188 valence electrons. The summed E-state index contributed by atoms with van der Waals surface area (Å²) in [6.45, 7) is 4.15. The topological polar surface area (TPSA) is 162 Å². The number of ether oxygens (including phenoxy) is 1. The average Bonchev–Trinajstić information content (AvgIpc) is 3.42. The number of hydrogen-bond acceptors (Lipinski definition) is 11. The molecule has 5 rings (SSSR count). The molecule has 2 aliphatic rings. The number of nitrogens with zero attached hydrogens (tertiary/aromatic N) is 2. The summed E-state index contributed by atoms with van der Waals surface area (Å²) in [7, 11) is 0. The number of benzene rings is 2. The lowest BCUT2D eigenvalue weighted by Gasteiger charge is -2.28. The molecule has 1 aliphatic heterocycles. The Bertz CT molecular complexity index is 1580. The number of aromatic hydroxyl groups is 3. The van der Waals surface area contributed by atoms with Crippen LogP contribution in [0.4, 0.5) is 5.13 Å². The molecule has 0 bridgehead atoms. The normalized spacial score (nSPS) is 18.5. The van der Waals surface area contributed by atoms with Gasteiger partial charge in [-0.3, -0.25) is 15.0 Å². The van der Waals surface area contributed by atoms with Crippen molar-refractivity contribution >= 4 is 34.2 Å². The number of thiazole rings is 1. The van der Waals surface area contributed by atoms with Gasteiger partial charge in [0, 0.05) is 17.0 Å². The molecule has 0 radical (unpaired) electrons. The summed E-state index contributed by atoms with van der Waals surface area (Å²) in [6.07, 6.45) is 2.72. The van der Waals surface area contributed by atoms with E-state index in [9.17, 15) is 30.0 Å². The molecule has 5 N–H and O–H groups in total. The van der Waals surface area contributed by atoms with E-state index in [1.807, 2.05) is 0 Å². The number of Topliss-reactive ketones (excluding diaryl/α,β-unsaturated/α-hetero) is 2. The summed E-state index contributed by atoms with van der Waals surface area (Å²) in [5.74, 6) is -2.34. The lowest BCUT2D eigenvalue weighted by Crippen LogP contribution is -2.38. The summed E-state index contributed by atoms with van der Waals surface area (Å²) >= 11 is 1.20. The molecule has 0 saturated heterocycles. The van der Waals surface area contributed by atoms with E-state index in [-0.39, 0.29) is 51.0 Å². The smallest absolute Gasteiger partial charge is 0.203 e. The highest BCUT2D eigenvalue weighted by atomic mass is 32.1. The molecule has 1 aromatic heterocycles. The lowest BCUT2D eigenvalue weighted by atomic mass is 9.71. The number of hydrogen-bond donors (Lipinski definition) is 5. The Morgan fingerprint density at radius 1 is 1.16 bits per heavy atom. The highest BCUT2D eigenvalue weighted by Crippen LogP contribution is 2.60. The summed E-state index contributed by atoms with van der Waals surface area (Å²) in [5.41, 5.74) is 2.18. The average molecular weight is 520 g/mol. The number of nitrogens with one attached hydrogen (secondary N) is 1. The third-order valence-electron chi connectivity index (χ3n) is 6.43. The number of aliphatic hydroxyl groups is 1. The first-order chi connectivity index (χ1) is 17.5. The molecule has 0 spiro atoms. The van der Waals surface area contributed by atoms with E-state index in [1.54, 1.807) is 23.7 Å². The maximum Gasteiger partial charge on any atom is 0.203 e. The molecule has 0 unspecified atom stereocenters. The molecular weight excluding hydrogens is 498 g/mol. The van der Waals surface area contributed by atoms with Crippen molar-refractivity contribution in [2.45, 2.75) is 26.2 Å². The molecule has 0 amide bonds. The Balaban J connectivity index is 1.56. The molecule has 0 saturated carbocycles. The number of phenols is 3. The van der Waals surface area contributed by atoms with Crippen LogP contribution >= 0.6 is 11.3 Å². The molecule has 1 atom stereocenters. The Hall–Kier alpha value is -4.64. The number of carbonyl (C=O) groups is 2. The van der Waals surface area contributed by atoms with E-state index in [0.717, 1.165) is 5.56 Å². The van der Waals surface area contributed by atoms with Crippen molar-refractivity contribution in [1.82, 2.24) is 4.98 Å². The van der Waals surface area contributed by atoms with Gasteiger partial charge in [-0.05, 0) is 50.6 Å². The second-order valence-corrected chi connectivity index (χ2v) is 9.64. The molecule has 0 fully saturated rings. The van der Waals surface area contributed by atoms with Crippen LogP contribution in [-0.4, -0.2) is 43.2 Å². The van der Waals surface area contributed by atoms with E-state index in [2.05, 4.69) is 15.5 Å². The second-order valence-electron chi connectivity index (χ2n) is 8.78. The van der Waals surface area contributed by atoms with Crippen molar-refractivity contribution in [3.05, 3.63) is 69.5 Å². The Morgan fingerprint density at radius 3 is 2.54 bits per heavy atom. The number of hydrazone groups is 1. The third kappa shape index (κ3) is 3.62. The fourth-order valence-electron chi connectivity index (χ4n) is 4.43. The summed E-state index contributed by atoms with van der Waals surface area (Å²) < 4.78 is 5.95. The second kappa shape index (κ2) is 8.49. The Morgan fingerprint density at radius 2 is 1.86 bits per heavy atom. The molecule has 2 aromatic carbocycles. The zero-order chi connectivity index (χ0) is 26.6. The van der Waals surface area contributed by atoms with Crippen LogP contribution in [0.15, 0.2) is 57.9 Å². The van der Waals surface area contributed by atoms with Crippen LogP contribution < -0.4 is 10.2 Å². The van der Waals surface area contributed by atoms with Crippen LogP contribution in [-0.2, 0) is 15.0 Å². The molecule has 10 nitrogen and oxygen atoms in total. The van der Waals surface area contributed by atoms with E-state index in [1.165, 1.54) is 50.3 Å². The molecule has 1 aliphatic carbocycles. The highest BCUT2D eigenvalue weighted by molar-refractivity contribution is 7.14. The van der Waals surface area contributed by atoms with Gasteiger partial charge in [-0.15, -0.1) is 11.3 Å². The minimum absolute atomic E-state index is 0.00439. The first-order valence-electron chi connectivity index (χ1n) is 11.1. The van der Waals surface area contributed by atoms with Crippen LogP contribution in [0.3, 0.4) is 0 Å². The summed E-state index contributed by atoms with van der Waals surface area (Å²) in [5, 5.41) is 47.8. The van der Waals surface area contributed by atoms with Gasteiger partial charge >= 0.3 is 0 Å². The van der Waals surface area contributed by atoms with Gasteiger partial charge in [-0.1, -0.05) is 0 Å². The monoisotopic (exact) mass is 519 g/mol. The van der Waals surface area contributed by atoms with Crippen LogP contribution in [0.25, 0.3) is 11.3 Å². The summed E-state index contributed by atoms with van der Waals surface area (Å²) in [4.78, 5) is 30.0. The number of allylic oxidation sites excluding steroid dienone is 3. The van der Waals surface area contributed by atoms with Crippen LogP contribution in [0, 0.1) is 6.92 Å².